The highest BCUT2D eigenvalue weighted by Gasteiger charge is 2.02. The van der Waals surface area contributed by atoms with Crippen LogP contribution in [-0.4, -0.2) is 29.2 Å². The summed E-state index contributed by atoms with van der Waals surface area (Å²) in [7, 11) is 0. The molecule has 0 radical (unpaired) electrons. The molecular weight excluding hydrogens is 232 g/mol. The first kappa shape index (κ1) is 12.0. The van der Waals surface area contributed by atoms with Gasteiger partial charge in [0.15, 0.2) is 0 Å². The molecule has 0 spiro atoms. The van der Waals surface area contributed by atoms with E-state index in [2.05, 4.69) is 15.6 Å². The molecule has 0 fully saturated rings. The molecule has 1 aromatic heterocycles. The summed E-state index contributed by atoms with van der Waals surface area (Å²) < 4.78 is 0. The Hall–Kier alpha value is -2.50. The van der Waals surface area contributed by atoms with Crippen molar-refractivity contribution >= 4 is 22.6 Å². The smallest absolute Gasteiger partial charge is 0.312 e. The van der Waals surface area contributed by atoms with Crippen LogP contribution >= 0.6 is 0 Å². The van der Waals surface area contributed by atoms with Crippen LogP contribution in [0.2, 0.25) is 0 Å². The number of pyridine rings is 1. The lowest BCUT2D eigenvalue weighted by molar-refractivity contribution is 0.249. The number of carbonyl (C=O) groups excluding carboxylic acids is 1. The minimum absolute atomic E-state index is 0.189. The standard InChI is InChI=1S/C12H14N4O2/c13-12(18)16-6-5-15-11-10-7-9(17)2-1-8(10)3-4-14-11/h1-4,7,17H,5-6H2,(H,14,15)(H3,13,16,18). The SMILES string of the molecule is NC(=O)NCCNc1nccc2ccc(O)cc12. The molecule has 5 N–H and O–H groups in total. The van der Waals surface area contributed by atoms with Crippen LogP contribution in [0.1, 0.15) is 0 Å². The number of aromatic hydroxyl groups is 1. The Bertz CT molecular complexity index is 571. The van der Waals surface area contributed by atoms with Crippen LogP contribution in [0.3, 0.4) is 0 Å². The number of phenols is 1. The van der Waals surface area contributed by atoms with Gasteiger partial charge in [0.2, 0.25) is 0 Å². The number of carbonyl (C=O) groups is 1. The molecule has 0 saturated heterocycles. The van der Waals surface area contributed by atoms with E-state index in [1.54, 1.807) is 18.3 Å². The number of anilines is 1. The maximum Gasteiger partial charge on any atom is 0.312 e. The van der Waals surface area contributed by atoms with Crippen molar-refractivity contribution in [2.75, 3.05) is 18.4 Å². The molecule has 0 aliphatic rings. The Labute approximate surface area is 104 Å². The third-order valence-electron chi connectivity index (χ3n) is 2.47. The molecule has 94 valence electrons. The van der Waals surface area contributed by atoms with E-state index in [9.17, 15) is 9.90 Å². The van der Waals surface area contributed by atoms with Gasteiger partial charge in [0, 0.05) is 24.7 Å². The molecule has 18 heavy (non-hydrogen) atoms. The van der Waals surface area contributed by atoms with Gasteiger partial charge in [-0.1, -0.05) is 6.07 Å². The second-order valence-corrected chi connectivity index (χ2v) is 3.78. The molecule has 6 heteroatoms. The van der Waals surface area contributed by atoms with E-state index in [1.165, 1.54) is 0 Å². The molecule has 2 amide bonds. The van der Waals surface area contributed by atoms with Crippen LogP contribution in [0.5, 0.6) is 5.75 Å². The lowest BCUT2D eigenvalue weighted by Gasteiger charge is -2.09. The summed E-state index contributed by atoms with van der Waals surface area (Å²) >= 11 is 0. The normalized spacial score (nSPS) is 10.2. The van der Waals surface area contributed by atoms with Gasteiger partial charge in [-0.15, -0.1) is 0 Å². The van der Waals surface area contributed by atoms with Crippen LogP contribution in [0, 0.1) is 0 Å². The van der Waals surface area contributed by atoms with Crippen molar-refractivity contribution in [2.45, 2.75) is 0 Å². The predicted molar refractivity (Wildman–Crippen MR) is 69.5 cm³/mol. The van der Waals surface area contributed by atoms with Crippen molar-refractivity contribution in [3.8, 4) is 5.75 Å². The van der Waals surface area contributed by atoms with Crippen molar-refractivity contribution in [3.63, 3.8) is 0 Å². The number of fused-ring (bicyclic) bond motifs is 1. The number of rotatable bonds is 4. The van der Waals surface area contributed by atoms with E-state index >= 15 is 0 Å². The Balaban J connectivity index is 2.12. The van der Waals surface area contributed by atoms with E-state index < -0.39 is 6.03 Å². The summed E-state index contributed by atoms with van der Waals surface area (Å²) in [6.45, 7) is 0.914. The van der Waals surface area contributed by atoms with Crippen LogP contribution in [-0.2, 0) is 0 Å². The molecule has 6 nitrogen and oxygen atoms in total. The highest BCUT2D eigenvalue weighted by molar-refractivity contribution is 5.92. The third-order valence-corrected chi connectivity index (χ3v) is 2.47. The van der Waals surface area contributed by atoms with Gasteiger partial charge in [0.25, 0.3) is 0 Å². The topological polar surface area (TPSA) is 100 Å². The number of nitrogens with two attached hydrogens (primary N) is 1. The van der Waals surface area contributed by atoms with Crippen LogP contribution in [0.25, 0.3) is 10.8 Å². The van der Waals surface area contributed by atoms with E-state index in [0.717, 1.165) is 10.8 Å². The Morgan fingerprint density at radius 3 is 2.94 bits per heavy atom. The Morgan fingerprint density at radius 2 is 2.17 bits per heavy atom. The zero-order chi connectivity index (χ0) is 13.0. The number of benzene rings is 1. The van der Waals surface area contributed by atoms with Crippen LogP contribution in [0.4, 0.5) is 10.6 Å². The van der Waals surface area contributed by atoms with Crippen molar-refractivity contribution in [2.24, 2.45) is 5.73 Å². The first-order valence-corrected chi connectivity index (χ1v) is 5.52. The molecule has 2 rings (SSSR count). The largest absolute Gasteiger partial charge is 0.508 e. The summed E-state index contributed by atoms with van der Waals surface area (Å²) in [5, 5.41) is 16.8. The zero-order valence-electron chi connectivity index (χ0n) is 9.68. The molecule has 0 unspecified atom stereocenters. The maximum absolute atomic E-state index is 10.5. The quantitative estimate of drug-likeness (QED) is 0.605. The fourth-order valence-electron chi connectivity index (χ4n) is 1.66. The number of nitrogens with zero attached hydrogens (tertiary/aromatic N) is 1. The lowest BCUT2D eigenvalue weighted by Crippen LogP contribution is -2.33. The summed E-state index contributed by atoms with van der Waals surface area (Å²) in [5.41, 5.74) is 4.96. The average Bonchev–Trinajstić information content (AvgIpc) is 2.34. The third kappa shape index (κ3) is 2.79. The fraction of sp³-hybridized carbons (Fsp3) is 0.167. The van der Waals surface area contributed by atoms with Crippen molar-refractivity contribution < 1.29 is 9.90 Å². The number of primary amides is 1. The fourth-order valence-corrected chi connectivity index (χ4v) is 1.66. The number of aromatic nitrogens is 1. The van der Waals surface area contributed by atoms with Crippen molar-refractivity contribution in [1.29, 1.82) is 0 Å². The number of hydrogen-bond acceptors (Lipinski definition) is 4. The molecule has 0 bridgehead atoms. The highest BCUT2D eigenvalue weighted by Crippen LogP contribution is 2.24. The minimum atomic E-state index is -0.555. The van der Waals surface area contributed by atoms with Gasteiger partial charge in [-0.2, -0.15) is 0 Å². The molecule has 1 heterocycles. The molecule has 1 aromatic carbocycles. The molecule has 0 atom stereocenters. The molecule has 2 aromatic rings. The second kappa shape index (κ2) is 5.22. The number of urea groups is 1. The monoisotopic (exact) mass is 246 g/mol. The zero-order valence-corrected chi connectivity index (χ0v) is 9.68. The number of amides is 2. The Kier molecular flexibility index (Phi) is 3.47. The maximum atomic E-state index is 10.5. The van der Waals surface area contributed by atoms with Crippen LogP contribution in [0.15, 0.2) is 30.5 Å². The van der Waals surface area contributed by atoms with Crippen molar-refractivity contribution in [3.05, 3.63) is 30.5 Å². The first-order valence-electron chi connectivity index (χ1n) is 5.52. The predicted octanol–water partition coefficient (Wildman–Crippen LogP) is 1.02. The number of hydrogen-bond donors (Lipinski definition) is 4. The molecule has 0 saturated carbocycles. The van der Waals surface area contributed by atoms with Gasteiger partial charge in [-0.05, 0) is 23.6 Å². The Morgan fingerprint density at radius 1 is 1.33 bits per heavy atom. The van der Waals surface area contributed by atoms with Gasteiger partial charge < -0.3 is 21.5 Å². The number of phenolic OH excluding ortho intramolecular Hbond substituents is 1. The molecule has 0 aliphatic carbocycles. The highest BCUT2D eigenvalue weighted by atomic mass is 16.3. The van der Waals surface area contributed by atoms with Gasteiger partial charge in [-0.25, -0.2) is 9.78 Å². The molecular formula is C12H14N4O2. The molecule has 0 aliphatic heterocycles. The van der Waals surface area contributed by atoms with E-state index in [-0.39, 0.29) is 5.75 Å². The summed E-state index contributed by atoms with van der Waals surface area (Å²) in [5.74, 6) is 0.850. The van der Waals surface area contributed by atoms with Gasteiger partial charge >= 0.3 is 6.03 Å². The summed E-state index contributed by atoms with van der Waals surface area (Å²) in [6.07, 6.45) is 1.68. The van der Waals surface area contributed by atoms with E-state index in [1.807, 2.05) is 12.1 Å². The minimum Gasteiger partial charge on any atom is -0.508 e. The lowest BCUT2D eigenvalue weighted by atomic mass is 10.1. The summed E-state index contributed by atoms with van der Waals surface area (Å²) in [6, 6.07) is 6.40. The first-order chi connectivity index (χ1) is 8.66. The van der Waals surface area contributed by atoms with Gasteiger partial charge in [0.1, 0.15) is 11.6 Å². The summed E-state index contributed by atoms with van der Waals surface area (Å²) in [4.78, 5) is 14.7. The van der Waals surface area contributed by atoms with Crippen LogP contribution < -0.4 is 16.4 Å². The average molecular weight is 246 g/mol. The van der Waals surface area contributed by atoms with E-state index in [4.69, 9.17) is 5.73 Å². The second-order valence-electron chi connectivity index (χ2n) is 3.78. The van der Waals surface area contributed by atoms with Gasteiger partial charge in [-0.3, -0.25) is 0 Å². The van der Waals surface area contributed by atoms with Crippen molar-refractivity contribution in [1.82, 2.24) is 10.3 Å². The van der Waals surface area contributed by atoms with E-state index in [0.29, 0.717) is 18.9 Å². The number of nitrogens with one attached hydrogen (secondary N) is 2. The van der Waals surface area contributed by atoms with Gasteiger partial charge in [0.05, 0.1) is 0 Å².